The molecule has 236 valence electrons. The molecule has 0 bridgehead atoms. The predicted octanol–water partition coefficient (Wildman–Crippen LogP) is 4.40. The number of allylic oxidation sites excluding steroid dienone is 2. The standard InChI is InChI=1S/C31H48N2O9/c1-2-3-4-5-8-11-24(34)16-19-27-26(28(35)20-29(27)36)12-9-6-7-10-13-30(37)32-21-31(38)42-25-17-14-23(15-18-25)22-41-33(39)40/h6,9,14-15,17-18,26-29,35-36,39-40H,2-5,7-8,10-13,16,19-22H2,1H3,(H,32,37)/b9-6-/t26-,27-,28+,29-/m1/s1. The summed E-state index contributed by atoms with van der Waals surface area (Å²) >= 11 is 0. The maximum atomic E-state index is 12.3. The lowest BCUT2D eigenvalue weighted by atomic mass is 9.86. The molecule has 0 radical (unpaired) electrons. The molecule has 0 unspecified atom stereocenters. The highest BCUT2D eigenvalue weighted by atomic mass is 17.1. The van der Waals surface area contributed by atoms with Crippen LogP contribution in [0.1, 0.15) is 96.0 Å². The number of unbranched alkanes of at least 4 members (excludes halogenated alkanes) is 5. The van der Waals surface area contributed by atoms with Gasteiger partial charge in [-0.25, -0.2) is 9.63 Å². The molecule has 0 aromatic heterocycles. The van der Waals surface area contributed by atoms with Crippen molar-refractivity contribution < 1.29 is 44.6 Å². The highest BCUT2D eigenvalue weighted by molar-refractivity contribution is 5.82. The number of rotatable bonds is 21. The smallest absolute Gasteiger partial charge is 0.330 e. The van der Waals surface area contributed by atoms with Gasteiger partial charge >= 0.3 is 5.97 Å². The topological polar surface area (TPSA) is 166 Å². The predicted molar refractivity (Wildman–Crippen MR) is 154 cm³/mol. The van der Waals surface area contributed by atoms with E-state index < -0.39 is 18.2 Å². The summed E-state index contributed by atoms with van der Waals surface area (Å²) in [4.78, 5) is 40.9. The van der Waals surface area contributed by atoms with Gasteiger partial charge in [-0.3, -0.25) is 20.0 Å². The molecule has 2 rings (SSSR count). The number of nitrogens with zero attached hydrogens (tertiary/aromatic N) is 1. The van der Waals surface area contributed by atoms with Crippen molar-refractivity contribution >= 4 is 17.7 Å². The van der Waals surface area contributed by atoms with Crippen LogP contribution in [0.15, 0.2) is 36.4 Å². The van der Waals surface area contributed by atoms with E-state index in [2.05, 4.69) is 17.1 Å². The van der Waals surface area contributed by atoms with Gasteiger partial charge in [0.1, 0.15) is 18.1 Å². The Hall–Kier alpha value is -2.67. The molecule has 4 atom stereocenters. The van der Waals surface area contributed by atoms with E-state index in [9.17, 15) is 24.6 Å². The molecule has 1 aromatic carbocycles. The Balaban J connectivity index is 1.60. The number of aliphatic hydroxyl groups is 2. The van der Waals surface area contributed by atoms with Crippen LogP contribution < -0.4 is 10.1 Å². The second-order valence-electron chi connectivity index (χ2n) is 11.0. The second-order valence-corrected chi connectivity index (χ2v) is 11.0. The van der Waals surface area contributed by atoms with Gasteiger partial charge in [0.25, 0.3) is 0 Å². The van der Waals surface area contributed by atoms with Gasteiger partial charge in [-0.15, -0.1) is 0 Å². The average Bonchev–Trinajstić information content (AvgIpc) is 3.23. The van der Waals surface area contributed by atoms with Crippen LogP contribution >= 0.6 is 0 Å². The van der Waals surface area contributed by atoms with Crippen LogP contribution in [-0.4, -0.2) is 62.4 Å². The van der Waals surface area contributed by atoms with Crippen molar-refractivity contribution in [2.24, 2.45) is 11.8 Å². The molecule has 5 N–H and O–H groups in total. The zero-order valence-corrected chi connectivity index (χ0v) is 24.7. The summed E-state index contributed by atoms with van der Waals surface area (Å²) in [7, 11) is 0. The van der Waals surface area contributed by atoms with Gasteiger partial charge in [0.15, 0.2) is 0 Å². The molecule has 0 spiro atoms. The Kier molecular flexibility index (Phi) is 17.1. The van der Waals surface area contributed by atoms with Crippen molar-refractivity contribution in [3.8, 4) is 5.75 Å². The van der Waals surface area contributed by atoms with Gasteiger partial charge in [0.05, 0.1) is 24.2 Å². The van der Waals surface area contributed by atoms with Gasteiger partial charge < -0.3 is 20.3 Å². The number of amides is 1. The SMILES string of the molecule is CCCCCCCC(=O)CC[C@@H]1[C@@H](C/C=C\CCCC(=O)NCC(=O)Oc2ccc(CON(O)O)cc2)[C@@H](O)C[C@H]1O. The van der Waals surface area contributed by atoms with Crippen molar-refractivity contribution in [1.82, 2.24) is 10.7 Å². The average molecular weight is 593 g/mol. The summed E-state index contributed by atoms with van der Waals surface area (Å²) in [6.45, 7) is 1.81. The normalized spacial score (nSPS) is 20.3. The Morgan fingerprint density at radius 2 is 1.64 bits per heavy atom. The maximum absolute atomic E-state index is 12.3. The number of benzene rings is 1. The van der Waals surface area contributed by atoms with E-state index >= 15 is 0 Å². The van der Waals surface area contributed by atoms with Crippen molar-refractivity contribution in [3.05, 3.63) is 42.0 Å². The Morgan fingerprint density at radius 3 is 2.36 bits per heavy atom. The maximum Gasteiger partial charge on any atom is 0.330 e. The van der Waals surface area contributed by atoms with Gasteiger partial charge in [0.2, 0.25) is 5.91 Å². The first-order valence-corrected chi connectivity index (χ1v) is 15.1. The molecule has 1 amide bonds. The van der Waals surface area contributed by atoms with Gasteiger partial charge in [-0.05, 0) is 68.1 Å². The van der Waals surface area contributed by atoms with E-state index in [0.29, 0.717) is 50.5 Å². The molecule has 0 heterocycles. The lowest BCUT2D eigenvalue weighted by Gasteiger charge is -2.22. The monoisotopic (exact) mass is 592 g/mol. The number of carbonyl (C=O) groups excluding carboxylic acids is 3. The minimum Gasteiger partial charge on any atom is -0.425 e. The van der Waals surface area contributed by atoms with E-state index in [1.165, 1.54) is 31.4 Å². The zero-order chi connectivity index (χ0) is 30.7. The molecule has 1 saturated carbocycles. The Labute approximate surface area is 248 Å². The molecule has 0 saturated heterocycles. The number of ether oxygens (including phenoxy) is 1. The third-order valence-electron chi connectivity index (χ3n) is 7.62. The first kappa shape index (κ1) is 35.5. The van der Waals surface area contributed by atoms with Gasteiger partial charge in [-0.2, -0.15) is 0 Å². The van der Waals surface area contributed by atoms with Crippen LogP contribution in [0.3, 0.4) is 0 Å². The van der Waals surface area contributed by atoms with Crippen LogP contribution in [0.25, 0.3) is 0 Å². The van der Waals surface area contributed by atoms with E-state index in [0.717, 1.165) is 12.8 Å². The van der Waals surface area contributed by atoms with Crippen LogP contribution in [0, 0.1) is 11.8 Å². The van der Waals surface area contributed by atoms with Gasteiger partial charge in [-0.1, -0.05) is 56.9 Å². The fraction of sp³-hybridized carbons (Fsp3) is 0.645. The number of hydrogen-bond donors (Lipinski definition) is 5. The first-order valence-electron chi connectivity index (χ1n) is 15.1. The van der Waals surface area contributed by atoms with Gasteiger partial charge in [0, 0.05) is 19.3 Å². The molecule has 1 fully saturated rings. The highest BCUT2D eigenvalue weighted by Crippen LogP contribution is 2.38. The summed E-state index contributed by atoms with van der Waals surface area (Å²) in [6, 6.07) is 6.22. The third-order valence-corrected chi connectivity index (χ3v) is 7.62. The molecular weight excluding hydrogens is 544 g/mol. The number of esters is 1. The lowest BCUT2D eigenvalue weighted by molar-refractivity contribution is -0.497. The summed E-state index contributed by atoms with van der Waals surface area (Å²) in [6.07, 6.45) is 12.4. The van der Waals surface area contributed by atoms with Crippen LogP contribution in [0.5, 0.6) is 5.75 Å². The lowest BCUT2D eigenvalue weighted by Crippen LogP contribution is -2.31. The number of carbonyl (C=O) groups is 3. The van der Waals surface area contributed by atoms with Crippen molar-refractivity contribution in [3.63, 3.8) is 0 Å². The van der Waals surface area contributed by atoms with E-state index in [-0.39, 0.29) is 54.2 Å². The number of ketones is 1. The molecule has 1 aliphatic carbocycles. The van der Waals surface area contributed by atoms with Crippen LogP contribution in [-0.2, 0) is 25.8 Å². The molecule has 1 aliphatic rings. The highest BCUT2D eigenvalue weighted by Gasteiger charge is 2.40. The van der Waals surface area contributed by atoms with E-state index in [1.807, 2.05) is 12.2 Å². The molecular formula is C31H48N2O9. The number of aliphatic hydroxyl groups excluding tert-OH is 2. The summed E-state index contributed by atoms with van der Waals surface area (Å²) in [5, 5.41) is 40.1. The fourth-order valence-corrected chi connectivity index (χ4v) is 5.25. The van der Waals surface area contributed by atoms with E-state index in [4.69, 9.17) is 15.2 Å². The number of hydrogen-bond acceptors (Lipinski definition) is 10. The van der Waals surface area contributed by atoms with Crippen molar-refractivity contribution in [1.29, 1.82) is 0 Å². The zero-order valence-electron chi connectivity index (χ0n) is 24.7. The Bertz CT molecular complexity index is 968. The van der Waals surface area contributed by atoms with Crippen molar-refractivity contribution in [2.75, 3.05) is 6.54 Å². The minimum atomic E-state index is -0.621. The molecule has 11 heteroatoms. The first-order chi connectivity index (χ1) is 20.2. The molecule has 11 nitrogen and oxygen atoms in total. The third kappa shape index (κ3) is 14.5. The number of Topliss-reactive ketones (excluding diaryl/α,β-unsaturated/α-hetero) is 1. The summed E-state index contributed by atoms with van der Waals surface area (Å²) in [5.74, 6) is -0.552. The Morgan fingerprint density at radius 1 is 0.929 bits per heavy atom. The number of nitrogens with one attached hydrogen (secondary N) is 1. The van der Waals surface area contributed by atoms with Crippen LogP contribution in [0.2, 0.25) is 0 Å². The molecule has 0 aliphatic heterocycles. The minimum absolute atomic E-state index is 0.0832. The second kappa shape index (κ2) is 20.3. The molecule has 42 heavy (non-hydrogen) atoms. The molecule has 1 aromatic rings. The fourth-order valence-electron chi connectivity index (χ4n) is 5.25. The van der Waals surface area contributed by atoms with Crippen LogP contribution in [0.4, 0.5) is 0 Å². The quantitative estimate of drug-likeness (QED) is 0.0454. The largest absolute Gasteiger partial charge is 0.425 e. The summed E-state index contributed by atoms with van der Waals surface area (Å²) < 4.78 is 5.17. The van der Waals surface area contributed by atoms with Crippen molar-refractivity contribution in [2.45, 2.75) is 109 Å². The van der Waals surface area contributed by atoms with E-state index in [1.54, 1.807) is 12.1 Å². The summed E-state index contributed by atoms with van der Waals surface area (Å²) in [5.41, 5.74) is 0.623.